The first-order valence-electron chi connectivity index (χ1n) is 10.5. The number of hydrogen-bond acceptors (Lipinski definition) is 4. The van der Waals surface area contributed by atoms with Crippen molar-refractivity contribution in [2.45, 2.75) is 45.2 Å². The number of hydrogen-bond donors (Lipinski definition) is 1. The second kappa shape index (κ2) is 7.44. The molecular formula is C23H24F2N6. The lowest BCUT2D eigenvalue weighted by atomic mass is 9.90. The van der Waals surface area contributed by atoms with Gasteiger partial charge in [-0.1, -0.05) is 0 Å². The Morgan fingerprint density at radius 2 is 1.87 bits per heavy atom. The number of rotatable bonds is 5. The third kappa shape index (κ3) is 3.36. The topological polar surface area (TPSA) is 62.6 Å². The zero-order valence-corrected chi connectivity index (χ0v) is 17.7. The molecule has 1 N–H and O–H groups in total. The quantitative estimate of drug-likeness (QED) is 0.488. The van der Waals surface area contributed by atoms with Crippen LogP contribution in [0.3, 0.4) is 0 Å². The Morgan fingerprint density at radius 1 is 1.13 bits per heavy atom. The molecule has 4 aromatic rings. The van der Waals surface area contributed by atoms with Crippen LogP contribution in [0.2, 0.25) is 0 Å². The Morgan fingerprint density at radius 3 is 2.45 bits per heavy atom. The Kier molecular flexibility index (Phi) is 4.72. The fraction of sp³-hybridized carbons (Fsp3) is 0.348. The van der Waals surface area contributed by atoms with Gasteiger partial charge in [0.25, 0.3) is 0 Å². The van der Waals surface area contributed by atoms with Crippen molar-refractivity contribution in [2.24, 2.45) is 7.05 Å². The monoisotopic (exact) mass is 422 g/mol. The van der Waals surface area contributed by atoms with E-state index in [1.165, 1.54) is 12.1 Å². The maximum absolute atomic E-state index is 15.2. The number of anilines is 1. The molecule has 0 atom stereocenters. The number of H-pyrrole nitrogens is 1. The van der Waals surface area contributed by atoms with Crippen LogP contribution in [0.15, 0.2) is 36.8 Å². The molecule has 3 aromatic heterocycles. The number of nitrogens with one attached hydrogen (secondary N) is 1. The lowest BCUT2D eigenvalue weighted by Crippen LogP contribution is -2.44. The highest BCUT2D eigenvalue weighted by Gasteiger charge is 2.29. The zero-order valence-electron chi connectivity index (χ0n) is 17.7. The van der Waals surface area contributed by atoms with Gasteiger partial charge in [0, 0.05) is 42.0 Å². The third-order valence-electron chi connectivity index (χ3n) is 6.03. The molecule has 160 valence electrons. The van der Waals surface area contributed by atoms with Gasteiger partial charge in [0.05, 0.1) is 29.2 Å². The predicted octanol–water partition coefficient (Wildman–Crippen LogP) is 5.07. The summed E-state index contributed by atoms with van der Waals surface area (Å²) in [6.45, 7) is 4.10. The van der Waals surface area contributed by atoms with E-state index >= 15 is 8.78 Å². The van der Waals surface area contributed by atoms with Crippen molar-refractivity contribution in [3.05, 3.63) is 48.4 Å². The second-order valence-corrected chi connectivity index (χ2v) is 8.46. The van der Waals surface area contributed by atoms with Crippen LogP contribution >= 0.6 is 0 Å². The summed E-state index contributed by atoms with van der Waals surface area (Å²) in [6, 6.07) is 5.04. The van der Waals surface area contributed by atoms with Gasteiger partial charge >= 0.3 is 0 Å². The molecule has 6 nitrogen and oxygen atoms in total. The van der Waals surface area contributed by atoms with Crippen molar-refractivity contribution in [1.82, 2.24) is 25.0 Å². The molecule has 0 spiro atoms. The molecule has 0 bridgehead atoms. The molecule has 1 aliphatic carbocycles. The van der Waals surface area contributed by atoms with Crippen molar-refractivity contribution in [1.29, 1.82) is 0 Å². The van der Waals surface area contributed by atoms with Gasteiger partial charge in [0.2, 0.25) is 0 Å². The normalized spacial score (nSPS) is 14.4. The molecule has 0 aliphatic heterocycles. The van der Waals surface area contributed by atoms with Crippen LogP contribution in [-0.2, 0) is 7.05 Å². The minimum absolute atomic E-state index is 0.124. The Bertz CT molecular complexity index is 1230. The van der Waals surface area contributed by atoms with Crippen LogP contribution in [0.4, 0.5) is 14.5 Å². The van der Waals surface area contributed by atoms with Crippen LogP contribution in [-0.4, -0.2) is 37.0 Å². The number of aryl methyl sites for hydroxylation is 1. The maximum Gasteiger partial charge on any atom is 0.137 e. The summed E-state index contributed by atoms with van der Waals surface area (Å²) < 4.78 is 32.1. The first kappa shape index (κ1) is 19.7. The number of pyridine rings is 1. The summed E-state index contributed by atoms with van der Waals surface area (Å²) in [4.78, 5) is 6.42. The van der Waals surface area contributed by atoms with E-state index in [1.54, 1.807) is 23.1 Å². The number of halogens is 2. The molecule has 8 heteroatoms. The van der Waals surface area contributed by atoms with Crippen molar-refractivity contribution in [2.75, 3.05) is 4.90 Å². The number of benzene rings is 1. The van der Waals surface area contributed by atoms with Crippen molar-refractivity contribution >= 4 is 16.6 Å². The molecule has 1 aromatic carbocycles. The highest BCUT2D eigenvalue weighted by atomic mass is 19.1. The summed E-state index contributed by atoms with van der Waals surface area (Å²) in [5.74, 6) is -1.23. The largest absolute Gasteiger partial charge is 0.366 e. The molecular weight excluding hydrogens is 398 g/mol. The minimum Gasteiger partial charge on any atom is -0.366 e. The SMILES string of the molecule is CC(C)N(c1cc(F)c(-c2cc3c(-c4cnn(C)c4)n[nH]c3cn2)c(F)c1)C1CCC1. The number of nitrogens with zero attached hydrogens (tertiary/aromatic N) is 5. The third-order valence-corrected chi connectivity index (χ3v) is 6.03. The smallest absolute Gasteiger partial charge is 0.137 e. The van der Waals surface area contributed by atoms with Crippen LogP contribution in [0.25, 0.3) is 33.4 Å². The van der Waals surface area contributed by atoms with Gasteiger partial charge in [-0.15, -0.1) is 0 Å². The fourth-order valence-corrected chi connectivity index (χ4v) is 4.37. The average Bonchev–Trinajstić information content (AvgIpc) is 3.29. The van der Waals surface area contributed by atoms with Crippen molar-refractivity contribution in [3.8, 4) is 22.5 Å². The van der Waals surface area contributed by atoms with E-state index < -0.39 is 11.6 Å². The number of aromatic amines is 1. The molecule has 0 amide bonds. The Hall–Kier alpha value is -3.29. The first-order valence-corrected chi connectivity index (χ1v) is 10.5. The molecule has 1 fully saturated rings. The van der Waals surface area contributed by atoms with E-state index in [2.05, 4.69) is 39.0 Å². The summed E-state index contributed by atoms with van der Waals surface area (Å²) in [6.07, 6.45) is 8.36. The van der Waals surface area contributed by atoms with Crippen LogP contribution in [0, 0.1) is 11.6 Å². The van der Waals surface area contributed by atoms with Crippen molar-refractivity contribution in [3.63, 3.8) is 0 Å². The lowest BCUT2D eigenvalue weighted by molar-refractivity contribution is 0.368. The maximum atomic E-state index is 15.2. The van der Waals surface area contributed by atoms with Crippen LogP contribution in [0.1, 0.15) is 33.1 Å². The Balaban J connectivity index is 1.58. The van der Waals surface area contributed by atoms with Crippen LogP contribution < -0.4 is 4.90 Å². The summed E-state index contributed by atoms with van der Waals surface area (Å²) in [7, 11) is 1.82. The summed E-state index contributed by atoms with van der Waals surface area (Å²) >= 11 is 0. The van der Waals surface area contributed by atoms with Gasteiger partial charge in [-0.25, -0.2) is 8.78 Å². The van der Waals surface area contributed by atoms with Crippen molar-refractivity contribution < 1.29 is 8.78 Å². The van der Waals surface area contributed by atoms with E-state index in [4.69, 9.17) is 0 Å². The fourth-order valence-electron chi connectivity index (χ4n) is 4.37. The van der Waals surface area contributed by atoms with E-state index in [0.29, 0.717) is 22.9 Å². The highest BCUT2D eigenvalue weighted by Crippen LogP contribution is 2.36. The van der Waals surface area contributed by atoms with Crippen LogP contribution in [0.5, 0.6) is 0 Å². The van der Waals surface area contributed by atoms with E-state index in [9.17, 15) is 0 Å². The van der Waals surface area contributed by atoms with Gasteiger partial charge in [-0.05, 0) is 51.3 Å². The second-order valence-electron chi connectivity index (χ2n) is 8.46. The van der Waals surface area contributed by atoms with Gasteiger partial charge in [0.15, 0.2) is 0 Å². The first-order chi connectivity index (χ1) is 14.9. The zero-order chi connectivity index (χ0) is 21.7. The minimum atomic E-state index is -0.613. The standard InChI is InChI=1S/C23H24F2N6/c1-13(2)31(15-5-4-6-15)16-7-18(24)22(19(25)8-16)20-9-17-21(11-26-20)28-29-23(17)14-10-27-30(3)12-14/h7-13,15H,4-6H2,1-3H3,(H,28,29). The van der Waals surface area contributed by atoms with E-state index in [-0.39, 0.29) is 17.3 Å². The molecule has 31 heavy (non-hydrogen) atoms. The molecule has 1 saturated carbocycles. The molecule has 3 heterocycles. The molecule has 1 aliphatic rings. The number of fused-ring (bicyclic) bond motifs is 1. The molecule has 5 rings (SSSR count). The van der Waals surface area contributed by atoms with Gasteiger partial charge in [-0.3, -0.25) is 14.8 Å². The summed E-state index contributed by atoms with van der Waals surface area (Å²) in [5.41, 5.74) is 2.87. The molecule has 0 unspecified atom stereocenters. The summed E-state index contributed by atoms with van der Waals surface area (Å²) in [5, 5.41) is 12.2. The lowest BCUT2D eigenvalue weighted by Gasteiger charge is -2.42. The molecule has 0 saturated heterocycles. The van der Waals surface area contributed by atoms with Gasteiger partial charge < -0.3 is 4.90 Å². The average molecular weight is 422 g/mol. The van der Waals surface area contributed by atoms with Gasteiger partial charge in [-0.2, -0.15) is 10.2 Å². The Labute approximate surface area is 178 Å². The number of aromatic nitrogens is 5. The predicted molar refractivity (Wildman–Crippen MR) is 117 cm³/mol. The van der Waals surface area contributed by atoms with E-state index in [1.807, 2.05) is 13.2 Å². The van der Waals surface area contributed by atoms with Gasteiger partial charge in [0.1, 0.15) is 17.3 Å². The molecule has 0 radical (unpaired) electrons. The highest BCUT2D eigenvalue weighted by molar-refractivity contribution is 5.94. The van der Waals surface area contributed by atoms with E-state index in [0.717, 1.165) is 30.2 Å².